The minimum atomic E-state index is 0.108. The van der Waals surface area contributed by atoms with E-state index in [4.69, 9.17) is 0 Å². The molecule has 0 aromatic carbocycles. The number of carbonyl (C=O) groups is 1. The fraction of sp³-hybridized carbons (Fsp3) is 0.900. The van der Waals surface area contributed by atoms with Gasteiger partial charge in [-0.15, -0.1) is 0 Å². The average Bonchev–Trinajstić information content (AvgIpc) is 2.50. The molecule has 1 N–H and O–H groups in total. The van der Waals surface area contributed by atoms with Crippen LogP contribution in [-0.2, 0) is 4.79 Å². The lowest BCUT2D eigenvalue weighted by molar-refractivity contribution is -0.121. The first-order chi connectivity index (χ1) is 11.1. The normalized spacial score (nSPS) is 35.6. The summed E-state index contributed by atoms with van der Waals surface area (Å²) in [6.07, 6.45) is 14.6. The molecule has 1 amide bonds. The second-order valence-corrected chi connectivity index (χ2v) is 8.46. The summed E-state index contributed by atoms with van der Waals surface area (Å²) in [6.45, 7) is 4.41. The number of amides is 1. The number of rotatable bonds is 8. The Hall–Kier alpha value is -0.860. The predicted molar refractivity (Wildman–Crippen MR) is 95.2 cm³/mol. The third-order valence-electron chi connectivity index (χ3n) is 6.56. The maximum absolute atomic E-state index is 12.0. The third-order valence-corrected chi connectivity index (χ3v) is 6.56. The molecule has 4 rings (SSSR count). The van der Waals surface area contributed by atoms with Gasteiger partial charge in [-0.2, -0.15) is 5.10 Å². The Morgan fingerprint density at radius 3 is 2.13 bits per heavy atom. The number of hydrazone groups is 1. The zero-order valence-electron chi connectivity index (χ0n) is 15.1. The van der Waals surface area contributed by atoms with Crippen LogP contribution in [0.25, 0.3) is 0 Å². The third kappa shape index (κ3) is 3.80. The lowest BCUT2D eigenvalue weighted by Gasteiger charge is -2.57. The summed E-state index contributed by atoms with van der Waals surface area (Å²) in [4.78, 5) is 12.0. The van der Waals surface area contributed by atoms with Crippen LogP contribution in [0.15, 0.2) is 5.10 Å². The molecule has 4 bridgehead atoms. The summed E-state index contributed by atoms with van der Waals surface area (Å²) in [6, 6.07) is 0. The van der Waals surface area contributed by atoms with Crippen LogP contribution in [0.3, 0.4) is 0 Å². The Balaban J connectivity index is 1.57. The molecule has 23 heavy (non-hydrogen) atoms. The monoisotopic (exact) mass is 318 g/mol. The minimum absolute atomic E-state index is 0.108. The number of hydrogen-bond donors (Lipinski definition) is 1. The van der Waals surface area contributed by atoms with Crippen LogP contribution in [-0.4, -0.2) is 11.6 Å². The van der Waals surface area contributed by atoms with Gasteiger partial charge < -0.3 is 0 Å². The van der Waals surface area contributed by atoms with Gasteiger partial charge in [0.15, 0.2) is 0 Å². The van der Waals surface area contributed by atoms with E-state index in [2.05, 4.69) is 24.4 Å². The van der Waals surface area contributed by atoms with E-state index < -0.39 is 0 Å². The van der Waals surface area contributed by atoms with Crippen LogP contribution < -0.4 is 5.43 Å². The van der Waals surface area contributed by atoms with Crippen LogP contribution in [0.4, 0.5) is 0 Å². The predicted octanol–water partition coefficient (Wildman–Crippen LogP) is 5.06. The standard InChI is InChI=1S/C20H34N2O/c1-3-5-6-7-8-19(23)22-21-18(4-2)20-12-15-9-16(13-20)11-17(10-15)14-20/h15-17H,3-14H2,1-2H3,(H,22,23)/b21-18+. The molecule has 0 aromatic heterocycles. The largest absolute Gasteiger partial charge is 0.273 e. The number of nitrogens with zero attached hydrogens (tertiary/aromatic N) is 1. The van der Waals surface area contributed by atoms with Crippen molar-refractivity contribution < 1.29 is 4.79 Å². The van der Waals surface area contributed by atoms with Gasteiger partial charge in [0.2, 0.25) is 5.91 Å². The van der Waals surface area contributed by atoms with Crippen molar-refractivity contribution in [2.45, 2.75) is 90.9 Å². The van der Waals surface area contributed by atoms with Crippen molar-refractivity contribution in [3.05, 3.63) is 0 Å². The lowest BCUT2D eigenvalue weighted by atomic mass is 9.48. The first kappa shape index (κ1) is 17.0. The number of nitrogens with one attached hydrogen (secondary N) is 1. The number of unbranched alkanes of at least 4 members (excludes halogenated alkanes) is 3. The van der Waals surface area contributed by atoms with Crippen molar-refractivity contribution in [1.82, 2.24) is 5.43 Å². The summed E-state index contributed by atoms with van der Waals surface area (Å²) in [5, 5.41) is 4.65. The Bertz CT molecular complexity index is 419. The van der Waals surface area contributed by atoms with E-state index >= 15 is 0 Å². The molecule has 0 spiro atoms. The number of carbonyl (C=O) groups excluding carboxylic acids is 1. The SMILES string of the molecule is CCCCCCC(=O)N/N=C(\CC)C12CC3CC(CC(C3)C1)C2. The maximum Gasteiger partial charge on any atom is 0.240 e. The van der Waals surface area contributed by atoms with Crippen LogP contribution in [0.1, 0.15) is 90.9 Å². The average molecular weight is 319 g/mol. The molecule has 3 nitrogen and oxygen atoms in total. The first-order valence-corrected chi connectivity index (χ1v) is 10.0. The van der Waals surface area contributed by atoms with E-state index in [1.165, 1.54) is 57.1 Å². The van der Waals surface area contributed by atoms with Crippen LogP contribution in [0, 0.1) is 23.2 Å². The molecule has 0 heterocycles. The second kappa shape index (κ2) is 7.36. The van der Waals surface area contributed by atoms with Crippen LogP contribution >= 0.6 is 0 Å². The second-order valence-electron chi connectivity index (χ2n) is 8.46. The van der Waals surface area contributed by atoms with Crippen molar-refractivity contribution >= 4 is 11.6 Å². The van der Waals surface area contributed by atoms with Crippen LogP contribution in [0.2, 0.25) is 0 Å². The molecule has 130 valence electrons. The molecule has 4 aliphatic carbocycles. The fourth-order valence-corrected chi connectivity index (χ4v) is 5.93. The van der Waals surface area contributed by atoms with Crippen LogP contribution in [0.5, 0.6) is 0 Å². The van der Waals surface area contributed by atoms with Gasteiger partial charge in [-0.1, -0.05) is 33.1 Å². The molecular weight excluding hydrogens is 284 g/mol. The highest BCUT2D eigenvalue weighted by atomic mass is 16.2. The molecule has 0 unspecified atom stereocenters. The Kier molecular flexibility index (Phi) is 5.43. The van der Waals surface area contributed by atoms with Gasteiger partial charge in [0.05, 0.1) is 0 Å². The molecule has 4 fully saturated rings. The molecule has 0 atom stereocenters. The molecule has 0 aliphatic heterocycles. The van der Waals surface area contributed by atoms with E-state index in [0.717, 1.165) is 37.0 Å². The molecule has 4 aliphatic rings. The van der Waals surface area contributed by atoms with Gasteiger partial charge >= 0.3 is 0 Å². The van der Waals surface area contributed by atoms with Gasteiger partial charge in [0, 0.05) is 17.5 Å². The summed E-state index contributed by atoms with van der Waals surface area (Å²) in [5.74, 6) is 2.91. The van der Waals surface area contributed by atoms with E-state index in [1.54, 1.807) is 0 Å². The molecule has 4 saturated carbocycles. The Labute approximate surface area is 141 Å². The van der Waals surface area contributed by atoms with Crippen molar-refractivity contribution in [2.75, 3.05) is 0 Å². The van der Waals surface area contributed by atoms with Gasteiger partial charge in [0.1, 0.15) is 0 Å². The molecular formula is C20H34N2O. The molecule has 0 aromatic rings. The highest BCUT2D eigenvalue weighted by Crippen LogP contribution is 2.60. The zero-order valence-corrected chi connectivity index (χ0v) is 15.1. The highest BCUT2D eigenvalue weighted by molar-refractivity contribution is 5.91. The molecule has 0 radical (unpaired) electrons. The summed E-state index contributed by atoms with van der Waals surface area (Å²) in [5.41, 5.74) is 4.51. The van der Waals surface area contributed by atoms with Gasteiger partial charge in [0.25, 0.3) is 0 Å². The van der Waals surface area contributed by atoms with E-state index in [1.807, 2.05) is 0 Å². The van der Waals surface area contributed by atoms with E-state index in [9.17, 15) is 4.79 Å². The minimum Gasteiger partial charge on any atom is -0.273 e. The Morgan fingerprint density at radius 1 is 1.00 bits per heavy atom. The highest BCUT2D eigenvalue weighted by Gasteiger charge is 2.52. The van der Waals surface area contributed by atoms with E-state index in [-0.39, 0.29) is 5.91 Å². The summed E-state index contributed by atoms with van der Waals surface area (Å²) < 4.78 is 0. The number of hydrogen-bond acceptors (Lipinski definition) is 2. The fourth-order valence-electron chi connectivity index (χ4n) is 5.93. The topological polar surface area (TPSA) is 41.5 Å². The lowest BCUT2D eigenvalue weighted by Crippen LogP contribution is -2.50. The maximum atomic E-state index is 12.0. The summed E-state index contributed by atoms with van der Waals surface area (Å²) >= 11 is 0. The van der Waals surface area contributed by atoms with E-state index in [0.29, 0.717) is 11.8 Å². The van der Waals surface area contributed by atoms with Crippen molar-refractivity contribution in [2.24, 2.45) is 28.3 Å². The first-order valence-electron chi connectivity index (χ1n) is 10.0. The quantitative estimate of drug-likeness (QED) is 0.379. The van der Waals surface area contributed by atoms with Gasteiger partial charge in [-0.05, 0) is 69.1 Å². The zero-order chi connectivity index (χ0) is 16.3. The van der Waals surface area contributed by atoms with Crippen molar-refractivity contribution in [3.63, 3.8) is 0 Å². The van der Waals surface area contributed by atoms with Crippen molar-refractivity contribution in [3.8, 4) is 0 Å². The molecule has 3 heteroatoms. The molecule has 0 saturated heterocycles. The summed E-state index contributed by atoms with van der Waals surface area (Å²) in [7, 11) is 0. The van der Waals surface area contributed by atoms with Crippen molar-refractivity contribution in [1.29, 1.82) is 0 Å². The van der Waals surface area contributed by atoms with Gasteiger partial charge in [-0.3, -0.25) is 4.79 Å². The Morgan fingerprint density at radius 2 is 1.61 bits per heavy atom. The smallest absolute Gasteiger partial charge is 0.240 e. The van der Waals surface area contributed by atoms with Gasteiger partial charge in [-0.25, -0.2) is 5.43 Å².